The molecule has 0 aromatic carbocycles. The second-order valence-corrected chi connectivity index (χ2v) is 3.50. The van der Waals surface area contributed by atoms with Crippen LogP contribution in [0.15, 0.2) is 24.4 Å². The number of carbonyl (C=O) groups is 2. The number of hydrogen-bond donors (Lipinski definition) is 0. The molecule has 0 radical (unpaired) electrons. The van der Waals surface area contributed by atoms with Gasteiger partial charge in [0.15, 0.2) is 11.9 Å². The van der Waals surface area contributed by atoms with Crippen molar-refractivity contribution >= 4 is 11.9 Å². The first-order valence-corrected chi connectivity index (χ1v) is 5.46. The molecule has 1 rings (SSSR count). The average Bonchev–Trinajstić information content (AvgIpc) is 2.28. The number of ether oxygens (including phenoxy) is 1. The average molecular weight is 237 g/mol. The van der Waals surface area contributed by atoms with Gasteiger partial charge in [0.1, 0.15) is 0 Å². The number of hydrogen-bond acceptors (Lipinski definition) is 4. The molecule has 17 heavy (non-hydrogen) atoms. The Labute approximate surface area is 99.6 Å². The lowest BCUT2D eigenvalue weighted by atomic mass is 10.2. The number of pyridine rings is 1. The Bertz CT molecular complexity index is 403. The number of aromatic nitrogens is 1. The van der Waals surface area contributed by atoms with E-state index in [9.17, 15) is 14.7 Å². The number of aliphatic carboxylic acids is 1. The Hall–Kier alpha value is -1.91. The van der Waals surface area contributed by atoms with Gasteiger partial charge in [0, 0.05) is 24.5 Å². The van der Waals surface area contributed by atoms with Crippen LogP contribution in [0, 0.1) is 0 Å². The summed E-state index contributed by atoms with van der Waals surface area (Å²) in [6, 6.07) is 5.36. The summed E-state index contributed by atoms with van der Waals surface area (Å²) in [5, 5.41) is 10.4. The minimum absolute atomic E-state index is 0.0627. The molecule has 1 aromatic rings. The molecule has 0 aliphatic heterocycles. The van der Waals surface area contributed by atoms with Crippen LogP contribution in [0.25, 0.3) is 0 Å². The van der Waals surface area contributed by atoms with E-state index in [1.54, 1.807) is 35.9 Å². The first-order chi connectivity index (χ1) is 8.13. The zero-order chi connectivity index (χ0) is 12.7. The van der Waals surface area contributed by atoms with E-state index in [0.717, 1.165) is 5.69 Å². The molecular formula is C12H15NO4. The van der Waals surface area contributed by atoms with E-state index in [4.69, 9.17) is 4.74 Å². The molecule has 0 saturated heterocycles. The number of nitrogens with zero attached hydrogens (tertiary/aromatic N) is 1. The second kappa shape index (κ2) is 6.62. The lowest BCUT2D eigenvalue weighted by Gasteiger charge is -2.04. The summed E-state index contributed by atoms with van der Waals surface area (Å²) in [5.41, 5.74) is 0.768. The lowest BCUT2D eigenvalue weighted by Crippen LogP contribution is -2.42. The van der Waals surface area contributed by atoms with Crippen LogP contribution in [0.1, 0.15) is 19.0 Å². The Balaban J connectivity index is 2.70. The van der Waals surface area contributed by atoms with E-state index in [1.807, 2.05) is 0 Å². The maximum Gasteiger partial charge on any atom is 0.372 e. The Morgan fingerprint density at radius 1 is 1.41 bits per heavy atom. The third kappa shape index (κ3) is 4.63. The summed E-state index contributed by atoms with van der Waals surface area (Å²) >= 11 is 0. The van der Waals surface area contributed by atoms with Gasteiger partial charge >= 0.3 is 5.97 Å². The van der Waals surface area contributed by atoms with Crippen molar-refractivity contribution in [1.29, 1.82) is 0 Å². The van der Waals surface area contributed by atoms with Gasteiger partial charge < -0.3 is 14.6 Å². The molecule has 0 spiro atoms. The highest BCUT2D eigenvalue weighted by atomic mass is 16.5. The van der Waals surface area contributed by atoms with Crippen LogP contribution in [0.5, 0.6) is 0 Å². The standard InChI is InChI=1S/C12H15NO4/c1-2-17-12(16)9-13-8-4-3-5-10(13)6-7-11(14)15/h3-5,8H,2,6-7,9H2,1H3. The molecule has 92 valence electrons. The van der Waals surface area contributed by atoms with Crippen molar-refractivity contribution in [2.24, 2.45) is 0 Å². The molecular weight excluding hydrogens is 222 g/mol. The van der Waals surface area contributed by atoms with Crippen molar-refractivity contribution in [3.05, 3.63) is 30.1 Å². The SMILES string of the molecule is CCOC(=O)C[n+]1ccccc1CCC(=O)[O-]. The second-order valence-electron chi connectivity index (χ2n) is 3.50. The number of carboxylic acids is 1. The van der Waals surface area contributed by atoms with Gasteiger partial charge in [-0.05, 0) is 13.3 Å². The number of carboxylic acid groups (broad SMARTS) is 1. The maximum absolute atomic E-state index is 11.3. The minimum Gasteiger partial charge on any atom is -0.550 e. The Kier molecular flexibility index (Phi) is 5.13. The zero-order valence-corrected chi connectivity index (χ0v) is 9.72. The predicted molar refractivity (Wildman–Crippen MR) is 56.6 cm³/mol. The van der Waals surface area contributed by atoms with Gasteiger partial charge in [-0.15, -0.1) is 0 Å². The van der Waals surface area contributed by atoms with Crippen molar-refractivity contribution in [2.45, 2.75) is 26.3 Å². The third-order valence-electron chi connectivity index (χ3n) is 2.22. The van der Waals surface area contributed by atoms with Crippen LogP contribution in [0.2, 0.25) is 0 Å². The van der Waals surface area contributed by atoms with Gasteiger partial charge in [-0.3, -0.25) is 0 Å². The van der Waals surface area contributed by atoms with Crippen LogP contribution >= 0.6 is 0 Å². The molecule has 5 nitrogen and oxygen atoms in total. The highest BCUT2D eigenvalue weighted by Crippen LogP contribution is 1.96. The van der Waals surface area contributed by atoms with Crippen LogP contribution in [0.3, 0.4) is 0 Å². The fourth-order valence-corrected chi connectivity index (χ4v) is 1.47. The monoisotopic (exact) mass is 237 g/mol. The molecule has 0 unspecified atom stereocenters. The van der Waals surface area contributed by atoms with Gasteiger partial charge in [0.25, 0.3) is 0 Å². The molecule has 5 heteroatoms. The number of rotatable bonds is 6. The highest BCUT2D eigenvalue weighted by Gasteiger charge is 2.14. The van der Waals surface area contributed by atoms with Gasteiger partial charge in [0.05, 0.1) is 6.61 Å². The molecule has 1 aromatic heterocycles. The van der Waals surface area contributed by atoms with Gasteiger partial charge in [-0.25, -0.2) is 4.79 Å². The van der Waals surface area contributed by atoms with E-state index in [-0.39, 0.29) is 18.9 Å². The summed E-state index contributed by atoms with van der Waals surface area (Å²) in [4.78, 5) is 21.7. The molecule has 0 bridgehead atoms. The molecule has 0 aliphatic carbocycles. The summed E-state index contributed by atoms with van der Waals surface area (Å²) in [7, 11) is 0. The fourth-order valence-electron chi connectivity index (χ4n) is 1.47. The van der Waals surface area contributed by atoms with Crippen molar-refractivity contribution in [2.75, 3.05) is 6.61 Å². The predicted octanol–water partition coefficient (Wildman–Crippen LogP) is -0.780. The third-order valence-corrected chi connectivity index (χ3v) is 2.22. The zero-order valence-electron chi connectivity index (χ0n) is 9.72. The van der Waals surface area contributed by atoms with Crippen LogP contribution in [-0.2, 0) is 27.3 Å². The number of carbonyl (C=O) groups excluding carboxylic acids is 2. The Morgan fingerprint density at radius 2 is 2.18 bits per heavy atom. The molecule has 0 saturated carbocycles. The fraction of sp³-hybridized carbons (Fsp3) is 0.417. The van der Waals surface area contributed by atoms with Crippen LogP contribution < -0.4 is 9.67 Å². The largest absolute Gasteiger partial charge is 0.550 e. The van der Waals surface area contributed by atoms with Gasteiger partial charge in [-0.2, -0.15) is 4.57 Å². The maximum atomic E-state index is 11.3. The van der Waals surface area contributed by atoms with Crippen molar-refractivity contribution in [3.8, 4) is 0 Å². The molecule has 0 fully saturated rings. The normalized spacial score (nSPS) is 9.94. The number of esters is 1. The summed E-state index contributed by atoms with van der Waals surface area (Å²) in [6.07, 6.45) is 2.00. The van der Waals surface area contributed by atoms with Crippen LogP contribution in [0.4, 0.5) is 0 Å². The van der Waals surface area contributed by atoms with Crippen molar-refractivity contribution in [1.82, 2.24) is 0 Å². The van der Waals surface area contributed by atoms with Crippen molar-refractivity contribution < 1.29 is 24.0 Å². The molecule has 0 atom stereocenters. The van der Waals surface area contributed by atoms with Crippen molar-refractivity contribution in [3.63, 3.8) is 0 Å². The first kappa shape index (κ1) is 13.2. The first-order valence-electron chi connectivity index (χ1n) is 5.46. The topological polar surface area (TPSA) is 70.3 Å². The van der Waals surface area contributed by atoms with Gasteiger partial charge in [0.2, 0.25) is 6.54 Å². The van der Waals surface area contributed by atoms with Gasteiger partial charge in [-0.1, -0.05) is 6.07 Å². The smallest absolute Gasteiger partial charge is 0.372 e. The number of aryl methyl sites for hydroxylation is 1. The van der Waals surface area contributed by atoms with E-state index >= 15 is 0 Å². The highest BCUT2D eigenvalue weighted by molar-refractivity contribution is 5.67. The minimum atomic E-state index is -1.10. The molecule has 1 heterocycles. The van der Waals surface area contributed by atoms with E-state index in [0.29, 0.717) is 13.0 Å². The summed E-state index contributed by atoms with van der Waals surface area (Å²) < 4.78 is 6.52. The van der Waals surface area contributed by atoms with E-state index in [2.05, 4.69) is 0 Å². The van der Waals surface area contributed by atoms with E-state index in [1.165, 1.54) is 0 Å². The molecule has 0 N–H and O–H groups in total. The summed E-state index contributed by atoms with van der Waals surface area (Å²) in [5.74, 6) is -1.44. The molecule has 0 aliphatic rings. The quantitative estimate of drug-likeness (QED) is 0.480. The summed E-state index contributed by atoms with van der Waals surface area (Å²) in [6.45, 7) is 2.17. The Morgan fingerprint density at radius 3 is 2.82 bits per heavy atom. The molecule has 0 amide bonds. The lowest BCUT2D eigenvalue weighted by molar-refractivity contribution is -0.693. The van der Waals surface area contributed by atoms with Crippen LogP contribution in [-0.4, -0.2) is 18.5 Å². The van der Waals surface area contributed by atoms with E-state index < -0.39 is 5.97 Å².